The van der Waals surface area contributed by atoms with Crippen LogP contribution in [0, 0.1) is 0 Å². The van der Waals surface area contributed by atoms with Crippen LogP contribution in [-0.4, -0.2) is 98.3 Å². The molecule has 0 aromatic rings. The number of carbonyl (C=O) groups is 2. The zero-order chi connectivity index (χ0) is 50.6. The first-order valence-corrected chi connectivity index (χ1v) is 27.5. The zero-order valence-electron chi connectivity index (χ0n) is 42.1. The van der Waals surface area contributed by atoms with Crippen LogP contribution in [0.2, 0.25) is 0 Å². The lowest BCUT2D eigenvalue weighted by atomic mass is 9.85. The third kappa shape index (κ3) is 35.5. The van der Waals surface area contributed by atoms with Gasteiger partial charge in [-0.15, -0.1) is 0 Å². The summed E-state index contributed by atoms with van der Waals surface area (Å²) in [6.07, 6.45) is 46.1. The standard InChI is InChI=1S/C55H91O13P/c1-3-5-7-9-11-13-15-17-19-21-23-24-26-27-29-31-33-35-37-39-41-43-48(56)65-45-47(46-66-69(63,64)68-55-53(61)51(59)50(58)52(60)54(55)62)67-49(57)44-42-40-38-36-34-32-30-28-25-22-20-18-16-14-12-10-8-6-4-2/h6,8,12,14-15,17-18,20-21,23,25,28,32,34,38,40,47,50-55,58-62H,3-5,7,9-11,13,16,19,22,24,26-27,29-31,33,35-37,39,41-46H2,1-2H3,(H,63,64)/b8-6-,14-12-,17-15-,20-18-,23-21-,28-25-,34-32-,40-38-. The van der Waals surface area contributed by atoms with Gasteiger partial charge in [0.05, 0.1) is 6.61 Å². The smallest absolute Gasteiger partial charge is 0.462 e. The van der Waals surface area contributed by atoms with Crippen molar-refractivity contribution in [2.24, 2.45) is 0 Å². The molecule has 1 rings (SSSR count). The number of aliphatic hydroxyl groups is 5. The molecular formula is C55H91O13P. The summed E-state index contributed by atoms with van der Waals surface area (Å²) in [5, 5.41) is 50.3. The third-order valence-electron chi connectivity index (χ3n) is 11.4. The summed E-state index contributed by atoms with van der Waals surface area (Å²) in [5.41, 5.74) is 0. The van der Waals surface area contributed by atoms with Crippen molar-refractivity contribution in [3.8, 4) is 0 Å². The van der Waals surface area contributed by atoms with Gasteiger partial charge in [0.1, 0.15) is 43.2 Å². The molecule has 69 heavy (non-hydrogen) atoms. The molecular weight excluding hydrogens is 900 g/mol. The Morgan fingerprint density at radius 1 is 0.464 bits per heavy atom. The van der Waals surface area contributed by atoms with Crippen molar-refractivity contribution in [1.82, 2.24) is 0 Å². The number of hydrogen-bond donors (Lipinski definition) is 6. The van der Waals surface area contributed by atoms with Gasteiger partial charge in [-0.05, 0) is 83.5 Å². The number of allylic oxidation sites excluding steroid dienone is 16. The van der Waals surface area contributed by atoms with E-state index < -0.39 is 75.7 Å². The summed E-state index contributed by atoms with van der Waals surface area (Å²) >= 11 is 0. The monoisotopic (exact) mass is 991 g/mol. The highest BCUT2D eigenvalue weighted by atomic mass is 31.2. The molecule has 14 heteroatoms. The summed E-state index contributed by atoms with van der Waals surface area (Å²) in [6.45, 7) is 3.12. The van der Waals surface area contributed by atoms with Crippen molar-refractivity contribution >= 4 is 19.8 Å². The molecule has 1 aliphatic carbocycles. The molecule has 0 radical (unpaired) electrons. The number of esters is 2. The predicted molar refractivity (Wildman–Crippen MR) is 276 cm³/mol. The first-order valence-electron chi connectivity index (χ1n) is 26.0. The highest BCUT2D eigenvalue weighted by Gasteiger charge is 2.51. The molecule has 0 amide bonds. The summed E-state index contributed by atoms with van der Waals surface area (Å²) < 4.78 is 33.5. The van der Waals surface area contributed by atoms with E-state index in [1.165, 1.54) is 64.2 Å². The molecule has 6 N–H and O–H groups in total. The van der Waals surface area contributed by atoms with E-state index in [0.717, 1.165) is 70.6 Å². The quantitative estimate of drug-likeness (QED) is 0.0146. The van der Waals surface area contributed by atoms with Crippen molar-refractivity contribution in [3.63, 3.8) is 0 Å². The lowest BCUT2D eigenvalue weighted by molar-refractivity contribution is -0.220. The Labute approximate surface area is 415 Å². The molecule has 6 atom stereocenters. The molecule has 0 aromatic heterocycles. The number of ether oxygens (including phenoxy) is 2. The van der Waals surface area contributed by atoms with Gasteiger partial charge in [-0.2, -0.15) is 0 Å². The minimum absolute atomic E-state index is 0.0345. The molecule has 0 heterocycles. The Kier molecular flexibility index (Phi) is 40.3. The predicted octanol–water partition coefficient (Wildman–Crippen LogP) is 11.4. The van der Waals surface area contributed by atoms with Crippen molar-refractivity contribution in [2.75, 3.05) is 13.2 Å². The van der Waals surface area contributed by atoms with Gasteiger partial charge < -0.3 is 39.9 Å². The van der Waals surface area contributed by atoms with Crippen LogP contribution >= 0.6 is 7.82 Å². The third-order valence-corrected chi connectivity index (χ3v) is 12.4. The van der Waals surface area contributed by atoms with Crippen LogP contribution in [0.5, 0.6) is 0 Å². The average Bonchev–Trinajstić information content (AvgIpc) is 3.33. The van der Waals surface area contributed by atoms with Crippen LogP contribution in [0.15, 0.2) is 97.2 Å². The van der Waals surface area contributed by atoms with Gasteiger partial charge in [0, 0.05) is 12.8 Å². The molecule has 13 nitrogen and oxygen atoms in total. The van der Waals surface area contributed by atoms with Crippen LogP contribution in [0.25, 0.3) is 0 Å². The molecule has 0 bridgehead atoms. The van der Waals surface area contributed by atoms with Crippen LogP contribution < -0.4 is 0 Å². The Morgan fingerprint density at radius 3 is 1.32 bits per heavy atom. The average molecular weight is 991 g/mol. The van der Waals surface area contributed by atoms with E-state index in [4.69, 9.17) is 18.5 Å². The van der Waals surface area contributed by atoms with E-state index in [9.17, 15) is 44.6 Å². The minimum atomic E-state index is -5.15. The van der Waals surface area contributed by atoms with Gasteiger partial charge in [0.25, 0.3) is 0 Å². The fraction of sp³-hybridized carbons (Fsp3) is 0.673. The molecule has 0 saturated heterocycles. The lowest BCUT2D eigenvalue weighted by Crippen LogP contribution is -2.64. The topological polar surface area (TPSA) is 210 Å². The fourth-order valence-corrected chi connectivity index (χ4v) is 8.26. The lowest BCUT2D eigenvalue weighted by Gasteiger charge is -2.41. The minimum Gasteiger partial charge on any atom is -0.462 e. The normalized spacial score (nSPS) is 21.7. The van der Waals surface area contributed by atoms with Crippen LogP contribution in [0.3, 0.4) is 0 Å². The maximum atomic E-state index is 12.9. The number of rotatable bonds is 42. The molecule has 0 aromatic carbocycles. The van der Waals surface area contributed by atoms with Gasteiger partial charge in [-0.1, -0.05) is 182 Å². The zero-order valence-corrected chi connectivity index (χ0v) is 43.0. The molecule has 1 saturated carbocycles. The summed E-state index contributed by atoms with van der Waals surface area (Å²) in [5.74, 6) is -1.21. The van der Waals surface area contributed by atoms with E-state index in [-0.39, 0.29) is 12.8 Å². The summed E-state index contributed by atoms with van der Waals surface area (Å²) in [4.78, 5) is 35.8. The van der Waals surface area contributed by atoms with Crippen molar-refractivity contribution in [1.29, 1.82) is 0 Å². The number of hydrogen-bond acceptors (Lipinski definition) is 12. The Hall–Kier alpha value is -3.23. The molecule has 1 aliphatic rings. The van der Waals surface area contributed by atoms with Crippen molar-refractivity contribution < 1.29 is 63.1 Å². The number of carbonyl (C=O) groups excluding carboxylic acids is 2. The van der Waals surface area contributed by atoms with E-state index in [2.05, 4.69) is 92.8 Å². The Morgan fingerprint density at radius 2 is 0.855 bits per heavy atom. The van der Waals surface area contributed by atoms with Gasteiger partial charge in [0.15, 0.2) is 6.10 Å². The highest BCUT2D eigenvalue weighted by molar-refractivity contribution is 7.47. The SMILES string of the molecule is CC/C=C\C/C=C\C/C=C\C/C=C\C/C=C\C/C=C\CCC(=O)OC(COC(=O)CCCCCCCCCCC/C=C\C/C=C\CCCCCCC)COP(=O)(O)OC1C(O)C(O)C(O)C(O)C1O. The Balaban J connectivity index is 2.45. The number of unbranched alkanes of at least 4 members (excludes halogenated alkanes) is 14. The fourth-order valence-electron chi connectivity index (χ4n) is 7.28. The highest BCUT2D eigenvalue weighted by Crippen LogP contribution is 2.47. The van der Waals surface area contributed by atoms with E-state index in [0.29, 0.717) is 19.3 Å². The van der Waals surface area contributed by atoms with Gasteiger partial charge in [-0.25, -0.2) is 4.57 Å². The molecule has 1 fully saturated rings. The maximum absolute atomic E-state index is 12.9. The first-order chi connectivity index (χ1) is 33.4. The van der Waals surface area contributed by atoms with Crippen molar-refractivity contribution in [2.45, 2.75) is 224 Å². The summed E-state index contributed by atoms with van der Waals surface area (Å²) in [7, 11) is -5.15. The molecule has 0 spiro atoms. The van der Waals surface area contributed by atoms with E-state index in [1.54, 1.807) is 0 Å². The van der Waals surface area contributed by atoms with Crippen LogP contribution in [-0.2, 0) is 32.7 Å². The number of phosphoric acid groups is 1. The first kappa shape index (κ1) is 63.8. The summed E-state index contributed by atoms with van der Waals surface area (Å²) in [6, 6.07) is 0. The van der Waals surface area contributed by atoms with Crippen molar-refractivity contribution in [3.05, 3.63) is 97.2 Å². The second kappa shape index (κ2) is 43.5. The van der Waals surface area contributed by atoms with Crippen LogP contribution in [0.1, 0.15) is 181 Å². The van der Waals surface area contributed by atoms with Gasteiger partial charge >= 0.3 is 19.8 Å². The van der Waals surface area contributed by atoms with Gasteiger partial charge in [-0.3, -0.25) is 18.6 Å². The second-order valence-corrected chi connectivity index (χ2v) is 19.0. The molecule has 0 aliphatic heterocycles. The van der Waals surface area contributed by atoms with E-state index in [1.807, 2.05) is 18.2 Å². The number of aliphatic hydroxyl groups excluding tert-OH is 5. The largest absolute Gasteiger partial charge is 0.472 e. The van der Waals surface area contributed by atoms with E-state index >= 15 is 0 Å². The number of phosphoric ester groups is 1. The molecule has 394 valence electrons. The maximum Gasteiger partial charge on any atom is 0.472 e. The van der Waals surface area contributed by atoms with Gasteiger partial charge in [0.2, 0.25) is 0 Å². The Bertz CT molecular complexity index is 1570. The van der Waals surface area contributed by atoms with Crippen LogP contribution in [0.4, 0.5) is 0 Å². The molecule has 6 unspecified atom stereocenters. The second-order valence-electron chi connectivity index (χ2n) is 17.6.